The number of benzene rings is 3. The van der Waals surface area contributed by atoms with Gasteiger partial charge in [0, 0.05) is 24.2 Å². The van der Waals surface area contributed by atoms with Crippen LogP contribution in [0.2, 0.25) is 0 Å². The van der Waals surface area contributed by atoms with Crippen molar-refractivity contribution in [3.63, 3.8) is 0 Å². The average Bonchev–Trinajstić information content (AvgIpc) is 3.26. The third kappa shape index (κ3) is 6.50. The molecule has 2 amide bonds. The molecule has 0 aliphatic rings. The third-order valence-corrected chi connectivity index (χ3v) is 7.99. The molecule has 11 heteroatoms. The summed E-state index contributed by atoms with van der Waals surface area (Å²) in [5, 5.41) is 12.8. The van der Waals surface area contributed by atoms with Crippen LogP contribution in [0.5, 0.6) is 0 Å². The van der Waals surface area contributed by atoms with Crippen LogP contribution in [0.15, 0.2) is 88.8 Å². The molecule has 3 N–H and O–H groups in total. The van der Waals surface area contributed by atoms with Crippen LogP contribution < -0.4 is 10.0 Å². The number of carbonyl (C=O) groups is 2. The van der Waals surface area contributed by atoms with E-state index in [9.17, 15) is 23.1 Å². The second-order valence-corrected chi connectivity index (χ2v) is 11.1. The normalized spacial score (nSPS) is 11.2. The van der Waals surface area contributed by atoms with Gasteiger partial charge in [-0.3, -0.25) is 0 Å². The predicted octanol–water partition coefficient (Wildman–Crippen LogP) is 5.48. The van der Waals surface area contributed by atoms with E-state index >= 15 is 0 Å². The summed E-state index contributed by atoms with van der Waals surface area (Å²) >= 11 is 1.30. The van der Waals surface area contributed by atoms with E-state index in [0.29, 0.717) is 40.6 Å². The number of carboxylic acids is 1. The van der Waals surface area contributed by atoms with Crippen molar-refractivity contribution in [3.8, 4) is 11.1 Å². The van der Waals surface area contributed by atoms with Crippen LogP contribution in [-0.2, 0) is 23.0 Å². The van der Waals surface area contributed by atoms with Crippen molar-refractivity contribution in [2.45, 2.75) is 36.2 Å². The van der Waals surface area contributed by atoms with Gasteiger partial charge in [-0.15, -0.1) is 11.8 Å². The number of para-hydroxylation sites is 1. The van der Waals surface area contributed by atoms with Gasteiger partial charge in [0.25, 0.3) is 10.0 Å². The number of aryl methyl sites for hydroxylation is 1. The number of hydrogen-bond acceptors (Lipinski definition) is 6. The maximum Gasteiger partial charge on any atom is 0.355 e. The van der Waals surface area contributed by atoms with Crippen molar-refractivity contribution in [2.24, 2.45) is 0 Å². The van der Waals surface area contributed by atoms with E-state index in [1.54, 1.807) is 71.5 Å². The zero-order valence-electron chi connectivity index (χ0n) is 21.4. The third-order valence-electron chi connectivity index (χ3n) is 5.93. The molecular formula is C28H28N4O5S2. The molecule has 4 rings (SSSR count). The van der Waals surface area contributed by atoms with Crippen molar-refractivity contribution >= 4 is 39.5 Å². The van der Waals surface area contributed by atoms with Crippen molar-refractivity contribution < 1.29 is 23.1 Å². The number of nitrogens with zero attached hydrogens (tertiary/aromatic N) is 2. The van der Waals surface area contributed by atoms with E-state index in [1.165, 1.54) is 17.8 Å². The molecule has 9 nitrogen and oxygen atoms in total. The number of urea groups is 1. The van der Waals surface area contributed by atoms with Gasteiger partial charge in [-0.2, -0.15) is 0 Å². The fourth-order valence-electron chi connectivity index (χ4n) is 4.18. The minimum absolute atomic E-state index is 0.0430. The molecule has 202 valence electrons. The molecule has 3 aromatic carbocycles. The Morgan fingerprint density at radius 2 is 1.64 bits per heavy atom. The summed E-state index contributed by atoms with van der Waals surface area (Å²) in [4.78, 5) is 28.9. The summed E-state index contributed by atoms with van der Waals surface area (Å²) in [7, 11) is -4.19. The number of rotatable bonds is 10. The van der Waals surface area contributed by atoms with Crippen molar-refractivity contribution in [1.82, 2.24) is 14.3 Å². The number of aromatic carboxylic acids is 1. The quantitative estimate of drug-likeness (QED) is 0.217. The number of thioether (sulfide) groups is 1. The predicted molar refractivity (Wildman–Crippen MR) is 152 cm³/mol. The highest BCUT2D eigenvalue weighted by Gasteiger charge is 2.23. The SMILES string of the molecule is CCCc1nc(SC)c(C(=O)O)n1Cc1ccc(-c2ccccc2S(=O)(=O)NC(=O)Nc2ccccc2)cc1. The smallest absolute Gasteiger partial charge is 0.355 e. The molecule has 0 aliphatic carbocycles. The summed E-state index contributed by atoms with van der Waals surface area (Å²) in [6.45, 7) is 2.32. The molecule has 0 unspecified atom stereocenters. The first-order valence-corrected chi connectivity index (χ1v) is 14.9. The summed E-state index contributed by atoms with van der Waals surface area (Å²) < 4.78 is 30.0. The molecule has 4 aromatic rings. The lowest BCUT2D eigenvalue weighted by atomic mass is 10.0. The van der Waals surface area contributed by atoms with E-state index in [4.69, 9.17) is 0 Å². The second kappa shape index (κ2) is 12.2. The summed E-state index contributed by atoms with van der Waals surface area (Å²) in [5.74, 6) is -0.326. The number of sulfonamides is 1. The zero-order valence-corrected chi connectivity index (χ0v) is 23.1. The fraction of sp³-hybridized carbons (Fsp3) is 0.179. The average molecular weight is 565 g/mol. The number of nitrogens with one attached hydrogen (secondary N) is 2. The first kappa shape index (κ1) is 27.9. The fourth-order valence-corrected chi connectivity index (χ4v) is 5.90. The molecule has 1 heterocycles. The maximum atomic E-state index is 13.1. The van der Waals surface area contributed by atoms with Crippen molar-refractivity contribution in [3.05, 3.63) is 95.9 Å². The van der Waals surface area contributed by atoms with E-state index in [-0.39, 0.29) is 10.6 Å². The number of carbonyl (C=O) groups excluding carboxylic acids is 1. The van der Waals surface area contributed by atoms with E-state index in [1.807, 2.05) is 19.1 Å². The number of carboxylic acid groups (broad SMARTS) is 1. The molecule has 0 saturated heterocycles. The highest BCUT2D eigenvalue weighted by atomic mass is 32.2. The first-order valence-electron chi connectivity index (χ1n) is 12.2. The molecule has 0 saturated carbocycles. The molecule has 0 aliphatic heterocycles. The lowest BCUT2D eigenvalue weighted by Gasteiger charge is -2.14. The van der Waals surface area contributed by atoms with Crippen LogP contribution in [0.25, 0.3) is 11.1 Å². The van der Waals surface area contributed by atoms with Gasteiger partial charge in [-0.05, 0) is 42.0 Å². The minimum Gasteiger partial charge on any atom is -0.476 e. The lowest BCUT2D eigenvalue weighted by Crippen LogP contribution is -2.34. The Balaban J connectivity index is 1.59. The van der Waals surface area contributed by atoms with Gasteiger partial charge in [-0.1, -0.05) is 67.6 Å². The van der Waals surface area contributed by atoms with Crippen LogP contribution >= 0.6 is 11.8 Å². The molecule has 1 aromatic heterocycles. The van der Waals surface area contributed by atoms with Gasteiger partial charge in [-0.25, -0.2) is 27.7 Å². The Kier molecular flexibility index (Phi) is 8.72. The van der Waals surface area contributed by atoms with Crippen LogP contribution in [0.3, 0.4) is 0 Å². The van der Waals surface area contributed by atoms with Crippen LogP contribution in [-0.4, -0.2) is 41.3 Å². The number of aromatic nitrogens is 2. The Morgan fingerprint density at radius 3 is 2.28 bits per heavy atom. The largest absolute Gasteiger partial charge is 0.476 e. The Hall–Kier alpha value is -4.09. The number of amides is 2. The summed E-state index contributed by atoms with van der Waals surface area (Å²) in [6.07, 6.45) is 3.27. The molecule has 0 atom stereocenters. The van der Waals surface area contributed by atoms with Gasteiger partial charge < -0.3 is 15.0 Å². The Labute approximate surface area is 231 Å². The summed E-state index contributed by atoms with van der Waals surface area (Å²) in [5.41, 5.74) is 2.51. The number of anilines is 1. The minimum atomic E-state index is -4.19. The van der Waals surface area contributed by atoms with Crippen LogP contribution in [0.1, 0.15) is 35.2 Å². The van der Waals surface area contributed by atoms with Crippen molar-refractivity contribution in [1.29, 1.82) is 0 Å². The van der Waals surface area contributed by atoms with Gasteiger partial charge in [0.15, 0.2) is 5.69 Å². The molecule has 39 heavy (non-hydrogen) atoms. The Morgan fingerprint density at radius 1 is 0.974 bits per heavy atom. The monoisotopic (exact) mass is 564 g/mol. The second-order valence-electron chi connectivity index (χ2n) is 8.65. The molecule has 0 radical (unpaired) electrons. The summed E-state index contributed by atoms with van der Waals surface area (Å²) in [6, 6.07) is 21.3. The van der Waals surface area contributed by atoms with E-state index < -0.39 is 22.0 Å². The van der Waals surface area contributed by atoms with Crippen molar-refractivity contribution in [2.75, 3.05) is 11.6 Å². The molecule has 0 fully saturated rings. The molecular weight excluding hydrogens is 536 g/mol. The van der Waals surface area contributed by atoms with Crippen LogP contribution in [0, 0.1) is 0 Å². The highest BCUT2D eigenvalue weighted by molar-refractivity contribution is 7.98. The standard InChI is InChI=1S/C28H28N4O5S2/c1-3-9-24-30-26(38-2)25(27(33)34)32(24)18-19-14-16-20(17-15-19)22-12-7-8-13-23(22)39(36,37)31-28(35)29-21-10-5-4-6-11-21/h4-8,10-17H,3,9,18H2,1-2H3,(H,33,34)(H2,29,31,35). The topological polar surface area (TPSA) is 130 Å². The van der Waals surface area contributed by atoms with Gasteiger partial charge in [0.1, 0.15) is 10.9 Å². The number of hydrogen-bond donors (Lipinski definition) is 3. The molecule has 0 spiro atoms. The zero-order chi connectivity index (χ0) is 28.0. The van der Waals surface area contributed by atoms with Crippen LogP contribution in [0.4, 0.5) is 10.5 Å². The van der Waals surface area contributed by atoms with Gasteiger partial charge >= 0.3 is 12.0 Å². The van der Waals surface area contributed by atoms with E-state index in [0.717, 1.165) is 12.0 Å². The van der Waals surface area contributed by atoms with Gasteiger partial charge in [0.2, 0.25) is 0 Å². The van der Waals surface area contributed by atoms with Gasteiger partial charge in [0.05, 0.1) is 4.90 Å². The highest BCUT2D eigenvalue weighted by Crippen LogP contribution is 2.29. The first-order chi connectivity index (χ1) is 18.7. The molecule has 0 bridgehead atoms. The number of imidazole rings is 1. The van der Waals surface area contributed by atoms with E-state index in [2.05, 4.69) is 15.0 Å². The lowest BCUT2D eigenvalue weighted by molar-refractivity contribution is 0.0681. The Bertz CT molecular complexity index is 1580. The maximum absolute atomic E-state index is 13.1.